The Morgan fingerprint density at radius 2 is 1.88 bits per heavy atom. The fraction of sp³-hybridized carbons (Fsp3) is 0.240. The van der Waals surface area contributed by atoms with E-state index in [0.29, 0.717) is 11.3 Å². The summed E-state index contributed by atoms with van der Waals surface area (Å²) in [6.07, 6.45) is 0.654. The molecule has 1 saturated carbocycles. The first kappa shape index (κ1) is 22.7. The molecule has 1 aliphatic carbocycles. The largest absolute Gasteiger partial charge is 0.478 e. The molecule has 0 unspecified atom stereocenters. The number of anilines is 1. The molecule has 34 heavy (non-hydrogen) atoms. The lowest BCUT2D eigenvalue weighted by Gasteiger charge is -2.38. The summed E-state index contributed by atoms with van der Waals surface area (Å²) in [4.78, 5) is 23.3. The highest BCUT2D eigenvalue weighted by atomic mass is 35.5. The van der Waals surface area contributed by atoms with Gasteiger partial charge in [0.25, 0.3) is 5.69 Å². The monoisotopic (exact) mass is 498 g/mol. The maximum absolute atomic E-state index is 13.6. The van der Waals surface area contributed by atoms with Crippen molar-refractivity contribution in [3.63, 3.8) is 0 Å². The van der Waals surface area contributed by atoms with Crippen LogP contribution in [0.5, 0.6) is 0 Å². The summed E-state index contributed by atoms with van der Waals surface area (Å²) >= 11 is 8.43. The Bertz CT molecular complexity index is 1270. The molecule has 0 saturated heterocycles. The van der Waals surface area contributed by atoms with Crippen LogP contribution in [0.3, 0.4) is 0 Å². The Labute approximate surface area is 204 Å². The van der Waals surface area contributed by atoms with E-state index in [1.165, 1.54) is 30.0 Å². The quantitative estimate of drug-likeness (QED) is 0.238. The summed E-state index contributed by atoms with van der Waals surface area (Å²) in [5.74, 6) is -1.53. The number of nitro groups is 1. The smallest absolute Gasteiger partial charge is 0.335 e. The van der Waals surface area contributed by atoms with E-state index in [-0.39, 0.29) is 45.6 Å². The van der Waals surface area contributed by atoms with E-state index in [4.69, 9.17) is 11.6 Å². The summed E-state index contributed by atoms with van der Waals surface area (Å²) in [7, 11) is 0. The van der Waals surface area contributed by atoms with Crippen LogP contribution in [-0.4, -0.2) is 26.6 Å². The lowest BCUT2D eigenvalue weighted by Crippen LogP contribution is -2.31. The second kappa shape index (κ2) is 8.92. The van der Waals surface area contributed by atoms with Gasteiger partial charge in [-0.3, -0.25) is 10.1 Å². The van der Waals surface area contributed by atoms with Crippen molar-refractivity contribution in [1.29, 1.82) is 0 Å². The molecule has 3 aromatic rings. The van der Waals surface area contributed by atoms with Gasteiger partial charge in [-0.15, -0.1) is 23.4 Å². The van der Waals surface area contributed by atoms with Crippen molar-refractivity contribution < 1.29 is 19.2 Å². The zero-order valence-corrected chi connectivity index (χ0v) is 19.3. The van der Waals surface area contributed by atoms with Crippen molar-refractivity contribution in [2.75, 3.05) is 5.32 Å². The molecule has 0 amide bonds. The molecule has 0 spiro atoms. The summed E-state index contributed by atoms with van der Waals surface area (Å²) in [5, 5.41) is 24.0. The summed E-state index contributed by atoms with van der Waals surface area (Å²) in [6.45, 7) is 0. The predicted octanol–water partition coefficient (Wildman–Crippen LogP) is 6.47. The van der Waals surface area contributed by atoms with E-state index in [9.17, 15) is 24.4 Å². The van der Waals surface area contributed by atoms with Crippen LogP contribution in [0, 0.1) is 21.8 Å². The number of carbonyl (C=O) groups is 1. The second-order valence-corrected chi connectivity index (χ2v) is 10.3. The molecule has 3 aromatic carbocycles. The van der Waals surface area contributed by atoms with Crippen LogP contribution in [0.25, 0.3) is 0 Å². The maximum Gasteiger partial charge on any atom is 0.335 e. The third-order valence-corrected chi connectivity index (χ3v) is 8.74. The van der Waals surface area contributed by atoms with Crippen molar-refractivity contribution in [3.8, 4) is 0 Å². The lowest BCUT2D eigenvalue weighted by molar-refractivity contribution is -0.387. The minimum absolute atomic E-state index is 0.00947. The van der Waals surface area contributed by atoms with Gasteiger partial charge in [0.2, 0.25) is 0 Å². The molecule has 0 aromatic heterocycles. The Kier molecular flexibility index (Phi) is 5.95. The van der Waals surface area contributed by atoms with Crippen LogP contribution in [0.15, 0.2) is 71.6 Å². The summed E-state index contributed by atoms with van der Waals surface area (Å²) in [5.41, 5.74) is 2.74. The van der Waals surface area contributed by atoms with Gasteiger partial charge in [-0.1, -0.05) is 24.3 Å². The van der Waals surface area contributed by atoms with Gasteiger partial charge in [0.1, 0.15) is 5.82 Å². The first-order valence-electron chi connectivity index (χ1n) is 10.8. The Morgan fingerprint density at radius 1 is 1.15 bits per heavy atom. The van der Waals surface area contributed by atoms with Crippen molar-refractivity contribution >= 4 is 40.7 Å². The number of rotatable bonds is 5. The first-order chi connectivity index (χ1) is 16.3. The molecule has 0 radical (unpaired) electrons. The molecule has 2 aliphatic rings. The zero-order valence-electron chi connectivity index (χ0n) is 17.7. The summed E-state index contributed by atoms with van der Waals surface area (Å²) in [6, 6.07) is 17.7. The standard InChI is InChI=1S/C25H20ClFN2O4S/c26-23-21(34-20-4-2-1-3-19(20)29(32)33)12-17-22(23)16-11-14(25(30)31)7-10-18(16)28-24(17)13-5-8-15(27)9-6-13/h1-11,17,21-24,28H,12H2,(H,30,31)/t17-,21-,22-,23+,24-/m0/s1. The second-order valence-electron chi connectivity index (χ2n) is 8.53. The van der Waals surface area contributed by atoms with Gasteiger partial charge in [-0.25, -0.2) is 9.18 Å². The Morgan fingerprint density at radius 3 is 2.59 bits per heavy atom. The third-order valence-electron chi connectivity index (χ3n) is 6.63. The Hall–Kier alpha value is -3.10. The number of alkyl halides is 1. The molecule has 5 atom stereocenters. The van der Waals surface area contributed by atoms with Crippen molar-refractivity contribution in [2.45, 2.75) is 33.9 Å². The van der Waals surface area contributed by atoms with Crippen molar-refractivity contribution in [3.05, 3.63) is 99.4 Å². The average Bonchev–Trinajstić information content (AvgIpc) is 3.15. The number of carboxylic acid groups (broad SMARTS) is 1. The molecule has 6 nitrogen and oxygen atoms in total. The van der Waals surface area contributed by atoms with Gasteiger partial charge in [-0.05, 0) is 59.9 Å². The van der Waals surface area contributed by atoms with Crippen LogP contribution < -0.4 is 5.32 Å². The van der Waals surface area contributed by atoms with Gasteiger partial charge in [0.15, 0.2) is 0 Å². The lowest BCUT2D eigenvalue weighted by atomic mass is 9.77. The number of fused-ring (bicyclic) bond motifs is 3. The fourth-order valence-corrected chi connectivity index (χ4v) is 7.06. The van der Waals surface area contributed by atoms with E-state index in [1.807, 2.05) is 0 Å². The molecular weight excluding hydrogens is 479 g/mol. The number of hydrogen-bond acceptors (Lipinski definition) is 5. The SMILES string of the molecule is O=C(O)c1ccc2c(c1)[C@@H]1[C@H](Cl)[C@@H](Sc3ccccc3[N+](=O)[O-])C[C@@H]1[C@H](c1ccc(F)cc1)N2. The van der Waals surface area contributed by atoms with Crippen LogP contribution in [0.1, 0.15) is 39.9 Å². The van der Waals surface area contributed by atoms with Crippen LogP contribution >= 0.6 is 23.4 Å². The number of nitrogens with zero attached hydrogens (tertiary/aromatic N) is 1. The number of aromatic carboxylic acids is 1. The predicted molar refractivity (Wildman–Crippen MR) is 129 cm³/mol. The van der Waals surface area contributed by atoms with E-state index < -0.39 is 10.9 Å². The van der Waals surface area contributed by atoms with Crippen LogP contribution in [0.2, 0.25) is 0 Å². The van der Waals surface area contributed by atoms with Crippen molar-refractivity contribution in [2.24, 2.45) is 5.92 Å². The van der Waals surface area contributed by atoms with Gasteiger partial charge in [0.05, 0.1) is 26.8 Å². The van der Waals surface area contributed by atoms with Gasteiger partial charge >= 0.3 is 5.97 Å². The molecule has 9 heteroatoms. The van der Waals surface area contributed by atoms with E-state index in [1.54, 1.807) is 48.5 Å². The van der Waals surface area contributed by atoms with E-state index >= 15 is 0 Å². The first-order valence-corrected chi connectivity index (χ1v) is 12.1. The fourth-order valence-electron chi connectivity index (χ4n) is 5.12. The number of para-hydroxylation sites is 1. The molecule has 174 valence electrons. The van der Waals surface area contributed by atoms with E-state index in [0.717, 1.165) is 16.8 Å². The molecule has 1 aliphatic heterocycles. The minimum atomic E-state index is -1.02. The highest BCUT2D eigenvalue weighted by Gasteiger charge is 2.50. The molecule has 1 fully saturated rings. The maximum atomic E-state index is 13.6. The normalized spacial score (nSPS) is 25.2. The number of nitro benzene ring substituents is 1. The number of thioether (sulfide) groups is 1. The average molecular weight is 499 g/mol. The van der Waals surface area contributed by atoms with Crippen molar-refractivity contribution in [1.82, 2.24) is 0 Å². The number of halogens is 2. The van der Waals surface area contributed by atoms with Gasteiger partial charge < -0.3 is 10.4 Å². The molecule has 0 bridgehead atoms. The number of benzene rings is 3. The number of hydrogen-bond donors (Lipinski definition) is 2. The Balaban J connectivity index is 1.55. The number of nitrogens with one attached hydrogen (secondary N) is 1. The summed E-state index contributed by atoms with van der Waals surface area (Å²) < 4.78 is 13.6. The van der Waals surface area contributed by atoms with Crippen LogP contribution in [0.4, 0.5) is 15.8 Å². The molecule has 1 heterocycles. The third kappa shape index (κ3) is 4.01. The van der Waals surface area contributed by atoms with E-state index in [2.05, 4.69) is 5.32 Å². The highest BCUT2D eigenvalue weighted by Crippen LogP contribution is 2.58. The van der Waals surface area contributed by atoms with Gasteiger partial charge in [-0.2, -0.15) is 0 Å². The molecule has 2 N–H and O–H groups in total. The zero-order chi connectivity index (χ0) is 24.0. The number of carboxylic acids is 1. The minimum Gasteiger partial charge on any atom is -0.478 e. The van der Waals surface area contributed by atoms with Gasteiger partial charge in [0, 0.05) is 22.9 Å². The molecule has 5 rings (SSSR count). The molecular formula is C25H20ClFN2O4S. The highest BCUT2D eigenvalue weighted by molar-refractivity contribution is 8.00. The van der Waals surface area contributed by atoms with Crippen LogP contribution in [-0.2, 0) is 0 Å². The topological polar surface area (TPSA) is 92.5 Å².